The lowest BCUT2D eigenvalue weighted by atomic mass is 10.1. The van der Waals surface area contributed by atoms with E-state index in [-0.39, 0.29) is 40.8 Å². The van der Waals surface area contributed by atoms with Crippen LogP contribution in [-0.4, -0.2) is 26.4 Å². The number of nitrogens with one attached hydrogen (secondary N) is 1. The Bertz CT molecular complexity index is 846. The molecule has 0 saturated heterocycles. The fraction of sp³-hybridized carbons (Fsp3) is 0.267. The lowest BCUT2D eigenvalue weighted by Crippen LogP contribution is -2.18. The molecule has 2 aromatic rings. The van der Waals surface area contributed by atoms with Crippen LogP contribution < -0.4 is 9.46 Å². The van der Waals surface area contributed by atoms with Gasteiger partial charge in [0, 0.05) is 19.0 Å². The molecule has 0 radical (unpaired) electrons. The van der Waals surface area contributed by atoms with E-state index in [1.165, 1.54) is 12.1 Å². The number of aromatic hydroxyl groups is 1. The Balaban J connectivity index is 2.41. The molecule has 2 unspecified atom stereocenters. The molecule has 26 heavy (non-hydrogen) atoms. The molecule has 0 spiro atoms. The first-order valence-electron chi connectivity index (χ1n) is 7.18. The van der Waals surface area contributed by atoms with Gasteiger partial charge >= 0.3 is 5.97 Å². The molecule has 7 nitrogen and oxygen atoms in total. The van der Waals surface area contributed by atoms with Gasteiger partial charge < -0.3 is 14.3 Å². The minimum absolute atomic E-state index is 0.0544. The third-order valence-electron chi connectivity index (χ3n) is 3.20. The molecule has 142 valence electrons. The van der Waals surface area contributed by atoms with Gasteiger partial charge in [-0.05, 0) is 24.6 Å². The van der Waals surface area contributed by atoms with Crippen molar-refractivity contribution in [3.05, 3.63) is 34.8 Å². The van der Waals surface area contributed by atoms with Crippen LogP contribution >= 0.6 is 27.5 Å². The van der Waals surface area contributed by atoms with Crippen LogP contribution in [0.2, 0.25) is 5.02 Å². The summed E-state index contributed by atoms with van der Waals surface area (Å²) in [5.74, 6) is -1.91. The van der Waals surface area contributed by atoms with Crippen LogP contribution in [-0.2, 0) is 16.1 Å². The van der Waals surface area contributed by atoms with Crippen molar-refractivity contribution >= 4 is 44.8 Å². The molecule has 0 saturated carbocycles. The summed E-state index contributed by atoms with van der Waals surface area (Å²) in [6, 6.07) is 3.72. The number of rotatable bonds is 7. The summed E-state index contributed by atoms with van der Waals surface area (Å²) in [5, 5.41) is 10.2. The highest BCUT2D eigenvalue weighted by molar-refractivity contribution is 9.09. The molecule has 0 amide bonds. The molecule has 0 fully saturated rings. The second kappa shape index (κ2) is 8.96. The molecule has 0 bridgehead atoms. The SMILES string of the molecule is CC(=O)Oc1c(C(Br)CCNS(=O)O)oc(-c2ccc(F)c(Cl)c2)c1O. The minimum Gasteiger partial charge on any atom is -0.502 e. The van der Waals surface area contributed by atoms with Crippen LogP contribution in [0.4, 0.5) is 4.39 Å². The number of hydrogen-bond donors (Lipinski definition) is 3. The van der Waals surface area contributed by atoms with Crippen LogP contribution in [0.25, 0.3) is 11.3 Å². The van der Waals surface area contributed by atoms with Gasteiger partial charge in [-0.2, -0.15) is 0 Å². The van der Waals surface area contributed by atoms with Crippen molar-refractivity contribution in [2.75, 3.05) is 6.54 Å². The molecule has 1 heterocycles. The smallest absolute Gasteiger partial charge is 0.308 e. The summed E-state index contributed by atoms with van der Waals surface area (Å²) >= 11 is 6.90. The number of carbonyl (C=O) groups is 1. The highest BCUT2D eigenvalue weighted by atomic mass is 79.9. The van der Waals surface area contributed by atoms with Crippen molar-refractivity contribution in [1.29, 1.82) is 0 Å². The zero-order valence-corrected chi connectivity index (χ0v) is 16.5. The monoisotopic (exact) mass is 469 g/mol. The number of furan rings is 1. The van der Waals surface area contributed by atoms with Gasteiger partial charge in [-0.1, -0.05) is 27.5 Å². The molecule has 1 aromatic carbocycles. The van der Waals surface area contributed by atoms with E-state index in [2.05, 4.69) is 20.7 Å². The summed E-state index contributed by atoms with van der Waals surface area (Å²) in [6.07, 6.45) is 0.275. The Morgan fingerprint density at radius 1 is 1.54 bits per heavy atom. The Morgan fingerprint density at radius 3 is 2.81 bits per heavy atom. The molecule has 0 aliphatic rings. The molecular weight excluding hydrogens is 457 g/mol. The molecule has 0 aliphatic heterocycles. The maximum absolute atomic E-state index is 13.4. The van der Waals surface area contributed by atoms with Gasteiger partial charge in [-0.25, -0.2) is 13.3 Å². The largest absolute Gasteiger partial charge is 0.502 e. The van der Waals surface area contributed by atoms with E-state index in [1.807, 2.05) is 0 Å². The first kappa shape index (κ1) is 20.8. The summed E-state index contributed by atoms with van der Waals surface area (Å²) in [7, 11) is 0. The van der Waals surface area contributed by atoms with Crippen LogP contribution in [0, 0.1) is 5.82 Å². The molecular formula is C15H14BrClFNO6S. The van der Waals surface area contributed by atoms with E-state index >= 15 is 0 Å². The van der Waals surface area contributed by atoms with Gasteiger partial charge in [-0.3, -0.25) is 9.35 Å². The average molecular weight is 471 g/mol. The number of ether oxygens (including phenoxy) is 1. The van der Waals surface area contributed by atoms with Crippen molar-refractivity contribution in [3.8, 4) is 22.8 Å². The molecule has 1 aromatic heterocycles. The van der Waals surface area contributed by atoms with Gasteiger partial charge in [0.15, 0.2) is 11.5 Å². The van der Waals surface area contributed by atoms with Gasteiger partial charge in [-0.15, -0.1) is 0 Å². The molecule has 0 aliphatic carbocycles. The average Bonchev–Trinajstić information content (AvgIpc) is 2.86. The van der Waals surface area contributed by atoms with Crippen molar-refractivity contribution in [3.63, 3.8) is 0 Å². The number of alkyl halides is 1. The van der Waals surface area contributed by atoms with Crippen molar-refractivity contribution < 1.29 is 32.2 Å². The lowest BCUT2D eigenvalue weighted by Gasteiger charge is -2.08. The third-order valence-corrected chi connectivity index (χ3v) is 4.82. The van der Waals surface area contributed by atoms with Crippen molar-refractivity contribution in [2.45, 2.75) is 18.2 Å². The van der Waals surface area contributed by atoms with E-state index in [1.54, 1.807) is 0 Å². The maximum Gasteiger partial charge on any atom is 0.308 e. The van der Waals surface area contributed by atoms with E-state index in [4.69, 9.17) is 25.3 Å². The fourth-order valence-electron chi connectivity index (χ4n) is 2.11. The summed E-state index contributed by atoms with van der Waals surface area (Å²) < 4.78 is 45.7. The third kappa shape index (κ3) is 5.04. The molecule has 2 atom stereocenters. The van der Waals surface area contributed by atoms with Crippen molar-refractivity contribution in [1.82, 2.24) is 4.72 Å². The standard InChI is InChI=1S/C15H14BrClFNO6S/c1-7(20)24-15-12(21)13(8-2-3-11(18)10(17)6-8)25-14(15)9(16)4-5-19-26(22)23/h2-3,6,9,19,21H,4-5H2,1H3,(H,22,23). The highest BCUT2D eigenvalue weighted by Crippen LogP contribution is 2.48. The Kier molecular flexibility index (Phi) is 7.18. The second-order valence-corrected chi connectivity index (χ2v) is 7.39. The van der Waals surface area contributed by atoms with Gasteiger partial charge in [0.1, 0.15) is 5.82 Å². The quantitative estimate of drug-likeness (QED) is 0.321. The Labute approximate surface area is 164 Å². The summed E-state index contributed by atoms with van der Waals surface area (Å²) in [4.78, 5) is 10.8. The zero-order valence-electron chi connectivity index (χ0n) is 13.3. The topological polar surface area (TPSA) is 109 Å². The molecule has 2 rings (SSSR count). The van der Waals surface area contributed by atoms with Crippen LogP contribution in [0.1, 0.15) is 23.9 Å². The predicted octanol–water partition coefficient (Wildman–Crippen LogP) is 3.92. The Hall–Kier alpha value is -1.46. The minimum atomic E-state index is -2.17. The Morgan fingerprint density at radius 2 is 2.23 bits per heavy atom. The normalized spacial score (nSPS) is 13.4. The fourth-order valence-corrected chi connectivity index (χ4v) is 3.11. The first-order chi connectivity index (χ1) is 12.2. The number of benzene rings is 1. The number of esters is 1. The molecule has 3 N–H and O–H groups in total. The summed E-state index contributed by atoms with van der Waals surface area (Å²) in [5.41, 5.74) is 0.280. The lowest BCUT2D eigenvalue weighted by molar-refractivity contribution is -0.132. The van der Waals surface area contributed by atoms with Crippen LogP contribution in [0.5, 0.6) is 11.5 Å². The maximum atomic E-state index is 13.4. The number of carbonyl (C=O) groups excluding carboxylic acids is 1. The van der Waals surface area contributed by atoms with Crippen LogP contribution in [0.15, 0.2) is 22.6 Å². The van der Waals surface area contributed by atoms with E-state index in [9.17, 15) is 18.5 Å². The second-order valence-electron chi connectivity index (χ2n) is 5.10. The number of halogens is 3. The zero-order chi connectivity index (χ0) is 19.4. The van der Waals surface area contributed by atoms with Crippen LogP contribution in [0.3, 0.4) is 0 Å². The van der Waals surface area contributed by atoms with Gasteiger partial charge in [0.25, 0.3) is 0 Å². The highest BCUT2D eigenvalue weighted by Gasteiger charge is 2.28. The van der Waals surface area contributed by atoms with Crippen molar-refractivity contribution in [2.24, 2.45) is 0 Å². The van der Waals surface area contributed by atoms with Gasteiger partial charge in [0.05, 0.1) is 9.85 Å². The first-order valence-corrected chi connectivity index (χ1v) is 9.58. The van der Waals surface area contributed by atoms with E-state index < -0.39 is 33.6 Å². The van der Waals surface area contributed by atoms with Gasteiger partial charge in [0.2, 0.25) is 22.8 Å². The van der Waals surface area contributed by atoms with E-state index in [0.717, 1.165) is 13.0 Å². The predicted molar refractivity (Wildman–Crippen MR) is 97.1 cm³/mol. The number of hydrogen-bond acceptors (Lipinski definition) is 5. The molecule has 11 heteroatoms. The van der Waals surface area contributed by atoms with E-state index in [0.29, 0.717) is 0 Å². The summed E-state index contributed by atoms with van der Waals surface area (Å²) in [6.45, 7) is 1.29.